The Morgan fingerprint density at radius 3 is 2.35 bits per heavy atom. The fourth-order valence-corrected chi connectivity index (χ4v) is 3.08. The van der Waals surface area contributed by atoms with Crippen molar-refractivity contribution in [1.29, 1.82) is 0 Å². The monoisotopic (exact) mass is 324 g/mol. The van der Waals surface area contributed by atoms with Crippen LogP contribution < -0.4 is 14.6 Å². The van der Waals surface area contributed by atoms with E-state index in [0.29, 0.717) is 0 Å². The third-order valence-corrected chi connectivity index (χ3v) is 4.48. The molecule has 0 radical (unpaired) electrons. The first-order chi connectivity index (χ1) is 9.19. The topological polar surface area (TPSA) is 125 Å². The lowest BCUT2D eigenvalue weighted by Crippen LogP contribution is -2.20. The van der Waals surface area contributed by atoms with E-state index < -0.39 is 20.0 Å². The van der Waals surface area contributed by atoms with Crippen LogP contribution in [0.1, 0.15) is 0 Å². The molecule has 0 fully saturated rings. The number of hydrogen-bond donors (Lipinski definition) is 2. The molecule has 114 valence electrons. The van der Waals surface area contributed by atoms with Crippen molar-refractivity contribution in [2.24, 2.45) is 5.14 Å². The number of ether oxygens (including phenoxy) is 2. The molecule has 0 spiro atoms. The summed E-state index contributed by atoms with van der Waals surface area (Å²) in [6.07, 6.45) is 0. The van der Waals surface area contributed by atoms with Crippen LogP contribution in [0.4, 0.5) is 5.69 Å². The predicted molar refractivity (Wildman–Crippen MR) is 73.7 cm³/mol. The molecule has 0 atom stereocenters. The normalized spacial score (nSPS) is 12.2. The molecule has 0 saturated heterocycles. The van der Waals surface area contributed by atoms with Gasteiger partial charge in [-0.3, -0.25) is 4.72 Å². The van der Waals surface area contributed by atoms with Crippen molar-refractivity contribution >= 4 is 25.7 Å². The minimum absolute atomic E-state index is 0.0214. The van der Waals surface area contributed by atoms with E-state index in [9.17, 15) is 16.8 Å². The average molecular weight is 324 g/mol. The van der Waals surface area contributed by atoms with Crippen molar-refractivity contribution < 1.29 is 26.3 Å². The van der Waals surface area contributed by atoms with Gasteiger partial charge in [-0.1, -0.05) is 0 Å². The van der Waals surface area contributed by atoms with E-state index in [1.54, 1.807) is 0 Å². The highest BCUT2D eigenvalue weighted by atomic mass is 32.2. The van der Waals surface area contributed by atoms with Crippen LogP contribution >= 0.6 is 0 Å². The van der Waals surface area contributed by atoms with Crippen LogP contribution in [0.3, 0.4) is 0 Å². The minimum Gasteiger partial charge on any atom is -0.495 e. The molecule has 0 aliphatic carbocycles. The Labute approximate surface area is 118 Å². The number of sulfonamides is 2. The van der Waals surface area contributed by atoms with Crippen LogP contribution in [-0.4, -0.2) is 43.4 Å². The first kappa shape index (κ1) is 16.7. The molecule has 3 N–H and O–H groups in total. The van der Waals surface area contributed by atoms with Gasteiger partial charge in [-0.25, -0.2) is 22.0 Å². The molecule has 0 saturated carbocycles. The molecule has 0 heterocycles. The lowest BCUT2D eigenvalue weighted by Gasteiger charge is -2.11. The van der Waals surface area contributed by atoms with Gasteiger partial charge < -0.3 is 9.47 Å². The molecule has 1 rings (SSSR count). The largest absolute Gasteiger partial charge is 0.495 e. The lowest BCUT2D eigenvalue weighted by molar-refractivity contribution is 0.217. The van der Waals surface area contributed by atoms with Gasteiger partial charge in [0.15, 0.2) is 0 Å². The first-order valence-corrected chi connectivity index (χ1v) is 8.60. The maximum Gasteiger partial charge on any atom is 0.241 e. The Bertz CT molecular complexity index is 669. The average Bonchev–Trinajstić information content (AvgIpc) is 2.35. The third kappa shape index (κ3) is 4.63. The van der Waals surface area contributed by atoms with Crippen LogP contribution in [0.25, 0.3) is 0 Å². The summed E-state index contributed by atoms with van der Waals surface area (Å²) in [7, 11) is -4.99. The molecular formula is C10H16N2O6S2. The van der Waals surface area contributed by atoms with E-state index >= 15 is 0 Å². The van der Waals surface area contributed by atoms with Gasteiger partial charge in [-0.15, -0.1) is 0 Å². The molecule has 0 amide bonds. The molecule has 0 aliphatic rings. The molecule has 8 nitrogen and oxygen atoms in total. The van der Waals surface area contributed by atoms with Gasteiger partial charge in [0, 0.05) is 7.11 Å². The van der Waals surface area contributed by atoms with Gasteiger partial charge in [-0.05, 0) is 18.2 Å². The molecule has 1 aromatic carbocycles. The number of benzene rings is 1. The summed E-state index contributed by atoms with van der Waals surface area (Å²) in [4.78, 5) is -0.299. The van der Waals surface area contributed by atoms with Crippen molar-refractivity contribution in [2.45, 2.75) is 4.90 Å². The molecule has 0 unspecified atom stereocenters. The van der Waals surface area contributed by atoms with Crippen LogP contribution in [-0.2, 0) is 24.8 Å². The highest BCUT2D eigenvalue weighted by Crippen LogP contribution is 2.26. The smallest absolute Gasteiger partial charge is 0.241 e. The zero-order chi connectivity index (χ0) is 15.4. The lowest BCUT2D eigenvalue weighted by atomic mass is 10.3. The van der Waals surface area contributed by atoms with Crippen molar-refractivity contribution in [2.75, 3.05) is 31.3 Å². The van der Waals surface area contributed by atoms with Gasteiger partial charge in [0.2, 0.25) is 20.0 Å². The van der Waals surface area contributed by atoms with Crippen molar-refractivity contribution in [1.82, 2.24) is 0 Å². The Balaban J connectivity index is 3.11. The number of rotatable bonds is 7. The van der Waals surface area contributed by atoms with Crippen LogP contribution in [0.2, 0.25) is 0 Å². The summed E-state index contributed by atoms with van der Waals surface area (Å²) >= 11 is 0. The summed E-state index contributed by atoms with van der Waals surface area (Å²) in [5, 5.41) is 5.04. The van der Waals surface area contributed by atoms with Crippen LogP contribution in [0.15, 0.2) is 23.1 Å². The summed E-state index contributed by atoms with van der Waals surface area (Å²) < 4.78 is 57.9. The Hall–Kier alpha value is -1.36. The molecule has 0 aromatic heterocycles. The molecular weight excluding hydrogens is 308 g/mol. The van der Waals surface area contributed by atoms with Crippen molar-refractivity contribution in [3.05, 3.63) is 18.2 Å². The van der Waals surface area contributed by atoms with Crippen LogP contribution in [0.5, 0.6) is 5.75 Å². The van der Waals surface area contributed by atoms with E-state index in [-0.39, 0.29) is 28.7 Å². The number of anilines is 1. The quantitative estimate of drug-likeness (QED) is 0.711. The summed E-state index contributed by atoms with van der Waals surface area (Å²) in [6, 6.07) is 3.78. The van der Waals surface area contributed by atoms with E-state index in [1.807, 2.05) is 0 Å². The molecule has 20 heavy (non-hydrogen) atoms. The van der Waals surface area contributed by atoms with Crippen molar-refractivity contribution in [3.63, 3.8) is 0 Å². The second-order valence-corrected chi connectivity index (χ2v) is 7.20. The number of hydrogen-bond acceptors (Lipinski definition) is 6. The summed E-state index contributed by atoms with van der Waals surface area (Å²) in [5.74, 6) is -0.215. The first-order valence-electron chi connectivity index (χ1n) is 5.40. The Morgan fingerprint density at radius 2 is 1.85 bits per heavy atom. The number of nitrogens with two attached hydrogens (primary N) is 1. The van der Waals surface area contributed by atoms with Crippen molar-refractivity contribution in [3.8, 4) is 5.75 Å². The second kappa shape index (κ2) is 6.39. The second-order valence-electron chi connectivity index (χ2n) is 3.82. The third-order valence-electron chi connectivity index (χ3n) is 2.30. The van der Waals surface area contributed by atoms with Gasteiger partial charge >= 0.3 is 0 Å². The molecule has 0 aliphatic heterocycles. The van der Waals surface area contributed by atoms with E-state index in [0.717, 1.165) is 6.07 Å². The van der Waals surface area contributed by atoms with Gasteiger partial charge in [0.25, 0.3) is 0 Å². The molecule has 0 bridgehead atoms. The minimum atomic E-state index is -4.03. The van der Waals surface area contributed by atoms with Gasteiger partial charge in [-0.2, -0.15) is 0 Å². The van der Waals surface area contributed by atoms with Crippen LogP contribution in [0, 0.1) is 0 Å². The molecule has 10 heteroatoms. The highest BCUT2D eigenvalue weighted by Gasteiger charge is 2.17. The zero-order valence-electron chi connectivity index (χ0n) is 11.0. The zero-order valence-corrected chi connectivity index (χ0v) is 12.6. The van der Waals surface area contributed by atoms with Gasteiger partial charge in [0.1, 0.15) is 10.6 Å². The Morgan fingerprint density at radius 1 is 1.20 bits per heavy atom. The van der Waals surface area contributed by atoms with Gasteiger partial charge in [0.05, 0.1) is 25.2 Å². The number of primary sulfonamides is 1. The standard InChI is InChI=1S/C10H16N2O6S2/c1-17-5-6-19(13,14)12-8-3-4-9(18-2)10(7-8)20(11,15)16/h3-4,7,12H,5-6H2,1-2H3,(H2,11,15,16). The highest BCUT2D eigenvalue weighted by molar-refractivity contribution is 7.92. The predicted octanol–water partition coefficient (Wildman–Crippen LogP) is -0.269. The SMILES string of the molecule is COCCS(=O)(=O)Nc1ccc(OC)c(S(N)(=O)=O)c1. The van der Waals surface area contributed by atoms with E-state index in [2.05, 4.69) is 9.46 Å². The summed E-state index contributed by atoms with van der Waals surface area (Å²) in [5.41, 5.74) is 0.0749. The fraction of sp³-hybridized carbons (Fsp3) is 0.400. The fourth-order valence-electron chi connectivity index (χ4n) is 1.39. The Kier molecular flexibility index (Phi) is 5.34. The maximum atomic E-state index is 11.7. The van der Waals surface area contributed by atoms with E-state index in [4.69, 9.17) is 9.88 Å². The summed E-state index contributed by atoms with van der Waals surface area (Å²) in [6.45, 7) is 0.0214. The number of nitrogens with one attached hydrogen (secondary N) is 1. The molecule has 1 aromatic rings. The van der Waals surface area contributed by atoms with E-state index in [1.165, 1.54) is 26.4 Å². The maximum absolute atomic E-state index is 11.7. The number of methoxy groups -OCH3 is 2.